The fraction of sp³-hybridized carbons (Fsp3) is 0.0500. The summed E-state index contributed by atoms with van der Waals surface area (Å²) in [5, 5.41) is 0. The van der Waals surface area contributed by atoms with Crippen LogP contribution in [-0.4, -0.2) is 17.8 Å². The number of pyridine rings is 1. The van der Waals surface area contributed by atoms with Crippen LogP contribution in [0.2, 0.25) is 0 Å². The second kappa shape index (κ2) is 6.83. The Bertz CT molecular complexity index is 1230. The normalized spacial score (nSPS) is 11.6. The molecule has 2 aromatic heterocycles. The van der Waals surface area contributed by atoms with Crippen molar-refractivity contribution in [1.82, 2.24) is 9.38 Å². The lowest BCUT2D eigenvalue weighted by Crippen LogP contribution is -2.12. The highest BCUT2D eigenvalue weighted by Gasteiger charge is 2.14. The van der Waals surface area contributed by atoms with Gasteiger partial charge >= 0.3 is 0 Å². The number of rotatable bonds is 4. The van der Waals surface area contributed by atoms with E-state index in [1.165, 1.54) is 0 Å². The predicted octanol–water partition coefficient (Wildman–Crippen LogP) is 4.87. The highest BCUT2D eigenvalue weighted by atomic mass is 79.9. The molecule has 5 nitrogen and oxygen atoms in total. The number of nitrogens with zero attached hydrogens (tertiary/aromatic N) is 2. The van der Waals surface area contributed by atoms with Crippen molar-refractivity contribution in [2.75, 3.05) is 4.72 Å². The number of anilines is 1. The monoisotopic (exact) mass is 441 g/mol. The first-order valence-corrected chi connectivity index (χ1v) is 10.5. The molecule has 0 saturated carbocycles. The van der Waals surface area contributed by atoms with E-state index >= 15 is 0 Å². The molecule has 4 aromatic rings. The zero-order chi connectivity index (χ0) is 19.0. The van der Waals surface area contributed by atoms with Gasteiger partial charge in [-0.1, -0.05) is 28.1 Å². The standard InChI is InChI=1S/C20H16BrN3O2S/c1-14-9-10-24-13-19(22-20(24)11-14)15-3-2-4-17(12-15)23-27(25,26)18-7-5-16(21)6-8-18/h2-13,23H,1H3. The minimum atomic E-state index is -3.66. The van der Waals surface area contributed by atoms with E-state index in [4.69, 9.17) is 0 Å². The molecule has 2 aromatic carbocycles. The number of benzene rings is 2. The summed E-state index contributed by atoms with van der Waals surface area (Å²) in [6.07, 6.45) is 3.89. The SMILES string of the molecule is Cc1ccn2cc(-c3cccc(NS(=O)(=O)c4ccc(Br)cc4)c3)nc2c1. The summed E-state index contributed by atoms with van der Waals surface area (Å²) in [6.45, 7) is 2.02. The molecule has 7 heteroatoms. The van der Waals surface area contributed by atoms with Gasteiger partial charge in [0, 0.05) is 28.1 Å². The molecule has 0 spiro atoms. The maximum Gasteiger partial charge on any atom is 0.261 e. The van der Waals surface area contributed by atoms with E-state index in [9.17, 15) is 8.42 Å². The van der Waals surface area contributed by atoms with E-state index in [-0.39, 0.29) is 4.90 Å². The van der Waals surface area contributed by atoms with Gasteiger partial charge in [-0.15, -0.1) is 0 Å². The van der Waals surface area contributed by atoms with Crippen LogP contribution < -0.4 is 4.72 Å². The van der Waals surface area contributed by atoms with Gasteiger partial charge in [0.2, 0.25) is 0 Å². The van der Waals surface area contributed by atoms with Gasteiger partial charge in [-0.2, -0.15) is 0 Å². The Labute approximate surface area is 165 Å². The molecule has 1 N–H and O–H groups in total. The van der Waals surface area contributed by atoms with Crippen LogP contribution in [0.15, 0.2) is 82.4 Å². The van der Waals surface area contributed by atoms with Crippen molar-refractivity contribution in [3.8, 4) is 11.3 Å². The first kappa shape index (κ1) is 17.8. The Morgan fingerprint density at radius 1 is 1.04 bits per heavy atom. The molecule has 4 rings (SSSR count). The maximum atomic E-state index is 12.6. The Morgan fingerprint density at radius 2 is 1.81 bits per heavy atom. The minimum absolute atomic E-state index is 0.208. The Balaban J connectivity index is 1.66. The Kier molecular flexibility index (Phi) is 4.49. The molecule has 0 aliphatic rings. The fourth-order valence-corrected chi connectivity index (χ4v) is 4.11. The topological polar surface area (TPSA) is 63.5 Å². The minimum Gasteiger partial charge on any atom is -0.306 e. The maximum absolute atomic E-state index is 12.6. The molecule has 0 saturated heterocycles. The number of aromatic nitrogens is 2. The van der Waals surface area contributed by atoms with Gasteiger partial charge in [0.05, 0.1) is 10.6 Å². The largest absolute Gasteiger partial charge is 0.306 e. The van der Waals surface area contributed by atoms with Crippen molar-refractivity contribution in [2.24, 2.45) is 0 Å². The summed E-state index contributed by atoms with van der Waals surface area (Å²) in [4.78, 5) is 4.84. The Morgan fingerprint density at radius 3 is 2.59 bits per heavy atom. The van der Waals surface area contributed by atoms with Gasteiger partial charge in [-0.25, -0.2) is 13.4 Å². The molecule has 0 amide bonds. The first-order valence-electron chi connectivity index (χ1n) is 8.25. The van der Waals surface area contributed by atoms with Crippen LogP contribution in [-0.2, 0) is 10.0 Å². The van der Waals surface area contributed by atoms with Gasteiger partial charge in [-0.05, 0) is 61.0 Å². The van der Waals surface area contributed by atoms with Gasteiger partial charge in [-0.3, -0.25) is 4.72 Å². The van der Waals surface area contributed by atoms with Gasteiger partial charge in [0.15, 0.2) is 0 Å². The smallest absolute Gasteiger partial charge is 0.261 e. The van der Waals surface area contributed by atoms with Crippen LogP contribution in [0.1, 0.15) is 5.56 Å². The molecular formula is C20H16BrN3O2S. The lowest BCUT2D eigenvalue weighted by atomic mass is 10.1. The summed E-state index contributed by atoms with van der Waals surface area (Å²) < 4.78 is 30.6. The first-order chi connectivity index (χ1) is 12.9. The second-order valence-corrected chi connectivity index (χ2v) is 8.83. The average molecular weight is 442 g/mol. The predicted molar refractivity (Wildman–Crippen MR) is 110 cm³/mol. The van der Waals surface area contributed by atoms with Crippen molar-refractivity contribution in [2.45, 2.75) is 11.8 Å². The van der Waals surface area contributed by atoms with Crippen LogP contribution >= 0.6 is 15.9 Å². The molecule has 0 aliphatic carbocycles. The molecule has 0 unspecified atom stereocenters. The molecule has 0 radical (unpaired) electrons. The fourth-order valence-electron chi connectivity index (χ4n) is 2.79. The number of hydrogen-bond acceptors (Lipinski definition) is 3. The third-order valence-corrected chi connectivity index (χ3v) is 6.08. The molecule has 0 bridgehead atoms. The number of imidazole rings is 1. The van der Waals surface area contributed by atoms with Gasteiger partial charge < -0.3 is 4.40 Å². The van der Waals surface area contributed by atoms with Gasteiger partial charge in [0.25, 0.3) is 10.0 Å². The van der Waals surface area contributed by atoms with E-state index < -0.39 is 10.0 Å². The lowest BCUT2D eigenvalue weighted by Gasteiger charge is -2.09. The van der Waals surface area contributed by atoms with Crippen molar-refractivity contribution in [3.05, 3.63) is 83.1 Å². The summed E-state index contributed by atoms with van der Waals surface area (Å²) in [5.74, 6) is 0. The lowest BCUT2D eigenvalue weighted by molar-refractivity contribution is 0.601. The van der Waals surface area contributed by atoms with Crippen LogP contribution in [0.3, 0.4) is 0 Å². The van der Waals surface area contributed by atoms with Gasteiger partial charge in [0.1, 0.15) is 5.65 Å². The number of hydrogen-bond donors (Lipinski definition) is 1. The molecule has 0 atom stereocenters. The molecule has 0 aliphatic heterocycles. The van der Waals surface area contributed by atoms with Crippen molar-refractivity contribution in [3.63, 3.8) is 0 Å². The summed E-state index contributed by atoms with van der Waals surface area (Å²) in [5.41, 5.74) is 4.10. The molecular weight excluding hydrogens is 426 g/mol. The second-order valence-electron chi connectivity index (χ2n) is 6.24. The van der Waals surface area contributed by atoms with Crippen molar-refractivity contribution >= 4 is 37.3 Å². The van der Waals surface area contributed by atoms with E-state index in [2.05, 4.69) is 25.6 Å². The average Bonchev–Trinajstić information content (AvgIpc) is 3.05. The van der Waals surface area contributed by atoms with Crippen LogP contribution in [0.4, 0.5) is 5.69 Å². The number of fused-ring (bicyclic) bond motifs is 1. The quantitative estimate of drug-likeness (QED) is 0.491. The van der Waals surface area contributed by atoms with E-state index in [0.717, 1.165) is 26.9 Å². The zero-order valence-electron chi connectivity index (χ0n) is 14.4. The number of sulfonamides is 1. The molecule has 27 heavy (non-hydrogen) atoms. The summed E-state index contributed by atoms with van der Waals surface area (Å²) >= 11 is 3.31. The van der Waals surface area contributed by atoms with Crippen LogP contribution in [0, 0.1) is 6.92 Å². The highest BCUT2D eigenvalue weighted by Crippen LogP contribution is 2.25. The van der Waals surface area contributed by atoms with Crippen LogP contribution in [0.25, 0.3) is 16.9 Å². The van der Waals surface area contributed by atoms with Crippen molar-refractivity contribution in [1.29, 1.82) is 0 Å². The Hall–Kier alpha value is -2.64. The number of nitrogens with one attached hydrogen (secondary N) is 1. The molecule has 2 heterocycles. The van der Waals surface area contributed by atoms with E-state index in [1.54, 1.807) is 36.4 Å². The molecule has 136 valence electrons. The molecule has 0 fully saturated rings. The highest BCUT2D eigenvalue weighted by molar-refractivity contribution is 9.10. The van der Waals surface area contributed by atoms with Crippen LogP contribution in [0.5, 0.6) is 0 Å². The van der Waals surface area contributed by atoms with Crippen molar-refractivity contribution < 1.29 is 8.42 Å². The van der Waals surface area contributed by atoms with E-state index in [1.807, 2.05) is 48.0 Å². The third kappa shape index (κ3) is 3.74. The number of aryl methyl sites for hydroxylation is 1. The number of halogens is 1. The summed E-state index contributed by atoms with van der Waals surface area (Å²) in [6, 6.07) is 17.8. The van der Waals surface area contributed by atoms with E-state index in [0.29, 0.717) is 5.69 Å². The summed E-state index contributed by atoms with van der Waals surface area (Å²) in [7, 11) is -3.66. The third-order valence-electron chi connectivity index (χ3n) is 4.15. The zero-order valence-corrected chi connectivity index (χ0v) is 16.8.